The van der Waals surface area contributed by atoms with Crippen molar-refractivity contribution in [1.82, 2.24) is 29.6 Å². The van der Waals surface area contributed by atoms with Crippen molar-refractivity contribution in [3.8, 4) is 34.9 Å². The zero-order valence-corrected chi connectivity index (χ0v) is 19.4. The summed E-state index contributed by atoms with van der Waals surface area (Å²) in [5.41, 5.74) is 7.31. The summed E-state index contributed by atoms with van der Waals surface area (Å²) in [4.78, 5) is 25.5. The zero-order chi connectivity index (χ0) is 25.4. The number of hydrogen-bond donors (Lipinski definition) is 1. The molecule has 0 bridgehead atoms. The molecule has 0 aliphatic heterocycles. The third-order valence-corrected chi connectivity index (χ3v) is 6.19. The minimum Gasteiger partial charge on any atom is -0.418 e. The predicted octanol–water partition coefficient (Wildman–Crippen LogP) is 3.73. The number of fused-ring (bicyclic) bond motifs is 1. The Morgan fingerprint density at radius 3 is 2.53 bits per heavy atom. The molecule has 0 spiro atoms. The van der Waals surface area contributed by atoms with Gasteiger partial charge in [0.15, 0.2) is 11.6 Å². The van der Waals surface area contributed by atoms with Crippen LogP contribution < -0.4 is 10.5 Å². The number of hydrogen-bond acceptors (Lipinski definition) is 7. The van der Waals surface area contributed by atoms with Crippen LogP contribution >= 0.6 is 0 Å². The van der Waals surface area contributed by atoms with Crippen molar-refractivity contribution in [3.05, 3.63) is 54.5 Å². The summed E-state index contributed by atoms with van der Waals surface area (Å²) in [7, 11) is 1.72. The predicted molar refractivity (Wildman–Crippen MR) is 128 cm³/mol. The minimum atomic E-state index is -0.941. The minimum absolute atomic E-state index is 0.0109. The molecule has 1 aromatic carbocycles. The van der Waals surface area contributed by atoms with Gasteiger partial charge >= 0.3 is 6.01 Å². The molecule has 0 atom stereocenters. The lowest BCUT2D eigenvalue weighted by Crippen LogP contribution is -2.46. The SMILES string of the molecule is CC#CC(=O)N(C)C1CC(n2nc(-c3cc(F)c(Oc4ncccn4)c(F)c3)c3c(N)nccc32)C1. The first-order chi connectivity index (χ1) is 17.4. The van der Waals surface area contributed by atoms with Gasteiger partial charge in [0.2, 0.25) is 5.75 Å². The molecule has 1 aliphatic carbocycles. The number of anilines is 1. The van der Waals surface area contributed by atoms with Crippen molar-refractivity contribution in [3.63, 3.8) is 0 Å². The fourth-order valence-electron chi connectivity index (χ4n) is 4.25. The van der Waals surface area contributed by atoms with Gasteiger partial charge in [0.1, 0.15) is 11.5 Å². The molecule has 1 aliphatic rings. The van der Waals surface area contributed by atoms with Crippen molar-refractivity contribution < 1.29 is 18.3 Å². The Labute approximate surface area is 204 Å². The molecule has 3 aromatic heterocycles. The third-order valence-electron chi connectivity index (χ3n) is 6.19. The van der Waals surface area contributed by atoms with Crippen LogP contribution in [0.2, 0.25) is 0 Å². The Morgan fingerprint density at radius 1 is 1.17 bits per heavy atom. The number of carbonyl (C=O) groups excluding carboxylic acids is 1. The Hall–Kier alpha value is -4.59. The van der Waals surface area contributed by atoms with Crippen LogP contribution in [-0.4, -0.2) is 48.6 Å². The monoisotopic (exact) mass is 489 g/mol. The first kappa shape index (κ1) is 23.2. The molecule has 36 heavy (non-hydrogen) atoms. The molecule has 4 aromatic rings. The summed E-state index contributed by atoms with van der Waals surface area (Å²) >= 11 is 0. The van der Waals surface area contributed by atoms with Crippen LogP contribution in [0.3, 0.4) is 0 Å². The number of pyridine rings is 1. The number of nitrogens with zero attached hydrogens (tertiary/aromatic N) is 6. The summed E-state index contributed by atoms with van der Waals surface area (Å²) in [5.74, 6) is 2.60. The second-order valence-electron chi connectivity index (χ2n) is 8.36. The van der Waals surface area contributed by atoms with Crippen molar-refractivity contribution in [2.24, 2.45) is 0 Å². The fourth-order valence-corrected chi connectivity index (χ4v) is 4.25. The highest BCUT2D eigenvalue weighted by Gasteiger charge is 2.37. The van der Waals surface area contributed by atoms with E-state index >= 15 is 0 Å². The van der Waals surface area contributed by atoms with Crippen molar-refractivity contribution >= 4 is 22.6 Å². The molecule has 182 valence electrons. The smallest absolute Gasteiger partial charge is 0.322 e. The van der Waals surface area contributed by atoms with Gasteiger partial charge in [-0.05, 0) is 50.0 Å². The van der Waals surface area contributed by atoms with Crippen LogP contribution in [0.25, 0.3) is 22.2 Å². The fraction of sp³-hybridized carbons (Fsp3) is 0.240. The average molecular weight is 489 g/mol. The van der Waals surface area contributed by atoms with Crippen molar-refractivity contribution in [2.45, 2.75) is 31.8 Å². The molecule has 1 fully saturated rings. The van der Waals surface area contributed by atoms with Gasteiger partial charge in [-0.3, -0.25) is 9.48 Å². The van der Waals surface area contributed by atoms with E-state index in [1.165, 1.54) is 12.4 Å². The first-order valence-electron chi connectivity index (χ1n) is 11.1. The molecule has 1 saturated carbocycles. The summed E-state index contributed by atoms with van der Waals surface area (Å²) in [6, 6.07) is 5.35. The van der Waals surface area contributed by atoms with Crippen LogP contribution in [0.15, 0.2) is 42.9 Å². The average Bonchev–Trinajstić information content (AvgIpc) is 3.22. The number of ether oxygens (including phenoxy) is 1. The number of nitrogens with two attached hydrogens (primary N) is 1. The third kappa shape index (κ3) is 4.07. The Kier molecular flexibility index (Phi) is 5.93. The van der Waals surface area contributed by atoms with E-state index in [1.54, 1.807) is 41.9 Å². The molecular formula is C25H21F2N7O2. The quantitative estimate of drug-likeness (QED) is 0.425. The second kappa shape index (κ2) is 9.22. The summed E-state index contributed by atoms with van der Waals surface area (Å²) in [6.07, 6.45) is 5.66. The van der Waals surface area contributed by atoms with Crippen LogP contribution in [-0.2, 0) is 4.79 Å². The number of rotatable bonds is 5. The molecule has 2 N–H and O–H groups in total. The van der Waals surface area contributed by atoms with E-state index in [0.29, 0.717) is 29.4 Å². The number of carbonyl (C=O) groups is 1. The maximum Gasteiger partial charge on any atom is 0.322 e. The molecule has 0 radical (unpaired) electrons. The van der Waals surface area contributed by atoms with Gasteiger partial charge in [0.25, 0.3) is 5.91 Å². The largest absolute Gasteiger partial charge is 0.418 e. The summed E-state index contributed by atoms with van der Waals surface area (Å²) in [5, 5.41) is 5.17. The van der Waals surface area contributed by atoms with Crippen LogP contribution in [0.1, 0.15) is 25.8 Å². The Bertz CT molecular complexity index is 1500. The molecule has 9 nitrogen and oxygen atoms in total. The van der Waals surface area contributed by atoms with E-state index in [4.69, 9.17) is 10.5 Å². The van der Waals surface area contributed by atoms with E-state index in [0.717, 1.165) is 12.1 Å². The number of nitrogen functional groups attached to an aromatic ring is 1. The van der Waals surface area contributed by atoms with Crippen molar-refractivity contribution in [2.75, 3.05) is 12.8 Å². The lowest BCUT2D eigenvalue weighted by molar-refractivity contribution is -0.128. The Morgan fingerprint density at radius 2 is 1.86 bits per heavy atom. The molecule has 0 saturated heterocycles. The molecule has 3 heterocycles. The standard InChI is InChI=1S/C25H21F2N7O2/c1-3-5-20(35)33(2)15-12-16(13-15)34-19-6-9-29-24(28)21(19)22(32-34)14-10-17(26)23(18(27)11-14)36-25-30-7-4-8-31-25/h4,6-11,15-16H,12-13H2,1-2H3,(H2,28,29). The van der Waals surface area contributed by atoms with Crippen LogP contribution in [0.5, 0.6) is 11.8 Å². The maximum absolute atomic E-state index is 15.0. The van der Waals surface area contributed by atoms with E-state index in [2.05, 4.69) is 31.9 Å². The van der Waals surface area contributed by atoms with Gasteiger partial charge in [-0.2, -0.15) is 5.10 Å². The summed E-state index contributed by atoms with van der Waals surface area (Å²) < 4.78 is 36.9. The van der Waals surface area contributed by atoms with Crippen molar-refractivity contribution in [1.29, 1.82) is 0 Å². The Balaban J connectivity index is 1.49. The summed E-state index contributed by atoms with van der Waals surface area (Å²) in [6.45, 7) is 1.62. The lowest BCUT2D eigenvalue weighted by Gasteiger charge is -2.40. The second-order valence-corrected chi connectivity index (χ2v) is 8.36. The van der Waals surface area contributed by atoms with Crippen LogP contribution in [0, 0.1) is 23.5 Å². The molecule has 0 unspecified atom stereocenters. The van der Waals surface area contributed by atoms with Gasteiger partial charge in [-0.15, -0.1) is 0 Å². The van der Waals surface area contributed by atoms with Crippen LogP contribution in [0.4, 0.5) is 14.6 Å². The highest BCUT2D eigenvalue weighted by molar-refractivity contribution is 6.00. The van der Waals surface area contributed by atoms with E-state index in [9.17, 15) is 13.6 Å². The van der Waals surface area contributed by atoms with Gasteiger partial charge < -0.3 is 15.4 Å². The van der Waals surface area contributed by atoms with Gasteiger partial charge in [0.05, 0.1) is 16.9 Å². The topological polar surface area (TPSA) is 112 Å². The number of amides is 1. The zero-order valence-electron chi connectivity index (χ0n) is 19.4. The highest BCUT2D eigenvalue weighted by atomic mass is 19.1. The van der Waals surface area contributed by atoms with Gasteiger partial charge in [0, 0.05) is 37.2 Å². The molecule has 1 amide bonds. The molecule has 5 rings (SSSR count). The van der Waals surface area contributed by atoms with E-state index in [1.807, 2.05) is 0 Å². The highest BCUT2D eigenvalue weighted by Crippen LogP contribution is 2.41. The normalized spacial score (nSPS) is 16.7. The van der Waals surface area contributed by atoms with Gasteiger partial charge in [-0.1, -0.05) is 5.92 Å². The number of aromatic nitrogens is 5. The molecule has 11 heteroatoms. The number of benzene rings is 1. The number of halogens is 2. The van der Waals surface area contributed by atoms with Gasteiger partial charge in [-0.25, -0.2) is 23.7 Å². The molecular weight excluding hydrogens is 468 g/mol. The van der Waals surface area contributed by atoms with E-state index < -0.39 is 17.4 Å². The lowest BCUT2D eigenvalue weighted by atomic mass is 9.85. The van der Waals surface area contributed by atoms with E-state index in [-0.39, 0.29) is 35.4 Å². The first-order valence-corrected chi connectivity index (χ1v) is 11.1. The maximum atomic E-state index is 15.0.